The third-order valence-electron chi connectivity index (χ3n) is 4.88. The summed E-state index contributed by atoms with van der Waals surface area (Å²) in [6.45, 7) is 15.7. The van der Waals surface area contributed by atoms with Crippen molar-refractivity contribution in [2.24, 2.45) is 0 Å². The molecular weight excluding hydrogens is 442 g/mol. The summed E-state index contributed by atoms with van der Waals surface area (Å²) in [6.07, 6.45) is 0.731. The summed E-state index contributed by atoms with van der Waals surface area (Å²) in [5.41, 5.74) is 3.51. The number of rotatable bonds is 9. The van der Waals surface area contributed by atoms with Crippen LogP contribution < -0.4 is 0 Å². The van der Waals surface area contributed by atoms with Gasteiger partial charge in [-0.1, -0.05) is 69.3 Å². The summed E-state index contributed by atoms with van der Waals surface area (Å²) in [7, 11) is 0. The quantitative estimate of drug-likeness (QED) is 0.150. The molecule has 0 spiro atoms. The predicted molar refractivity (Wildman–Crippen MR) is 132 cm³/mol. The molecule has 2 rings (SSSR count). The van der Waals surface area contributed by atoms with E-state index in [2.05, 4.69) is 32.4 Å². The summed E-state index contributed by atoms with van der Waals surface area (Å²) >= 11 is 6.60. The molecule has 0 fully saturated rings. The molecule has 7 nitrogen and oxygen atoms in total. The van der Waals surface area contributed by atoms with Gasteiger partial charge >= 0.3 is 6.16 Å². The Morgan fingerprint density at radius 2 is 1.91 bits per heavy atom. The van der Waals surface area contributed by atoms with E-state index >= 15 is 0 Å². The Hall–Kier alpha value is -3.06. The molecule has 0 aliphatic heterocycles. The van der Waals surface area contributed by atoms with Crippen molar-refractivity contribution in [1.82, 2.24) is 9.78 Å². The van der Waals surface area contributed by atoms with Gasteiger partial charge in [-0.05, 0) is 30.4 Å². The lowest BCUT2D eigenvalue weighted by atomic mass is 9.86. The van der Waals surface area contributed by atoms with Gasteiger partial charge in [0.1, 0.15) is 12.3 Å². The van der Waals surface area contributed by atoms with Crippen LogP contribution in [0.15, 0.2) is 36.9 Å². The number of halogens is 1. The van der Waals surface area contributed by atoms with Gasteiger partial charge in [0.05, 0.1) is 10.7 Å². The van der Waals surface area contributed by atoms with E-state index in [9.17, 15) is 4.79 Å². The number of hydrogen-bond donors (Lipinski definition) is 1. The summed E-state index contributed by atoms with van der Waals surface area (Å²) in [6, 6.07) is 7.91. The summed E-state index contributed by atoms with van der Waals surface area (Å²) in [5.74, 6) is 0.282. The zero-order valence-electron chi connectivity index (χ0n) is 20.1. The van der Waals surface area contributed by atoms with Gasteiger partial charge in [-0.15, -0.1) is 0 Å². The van der Waals surface area contributed by atoms with Crippen LogP contribution in [0.1, 0.15) is 57.1 Å². The number of benzene rings is 1. The molecule has 0 aliphatic carbocycles. The summed E-state index contributed by atoms with van der Waals surface area (Å²) in [5, 5.41) is 13.0. The minimum atomic E-state index is -1.02. The zero-order chi connectivity index (χ0) is 24.8. The number of hydrogen-bond acceptors (Lipinski definition) is 6. The number of aromatic nitrogens is 2. The first-order chi connectivity index (χ1) is 15.5. The molecule has 1 aromatic carbocycles. The molecule has 1 atom stereocenters. The van der Waals surface area contributed by atoms with Gasteiger partial charge in [-0.25, -0.2) is 4.79 Å². The predicted octanol–water partition coefficient (Wildman–Crippen LogP) is 6.38. The van der Waals surface area contributed by atoms with Crippen LogP contribution in [0.2, 0.25) is 5.02 Å². The SMILES string of the molecule is C=CCOC(=O)OC(C)O/C(=C(/C=N)c1ccc(C(C)(C)C)cc1)c1c(Cl)c(C)nn1CC. The van der Waals surface area contributed by atoms with Crippen molar-refractivity contribution >= 4 is 35.3 Å². The van der Waals surface area contributed by atoms with E-state index < -0.39 is 12.4 Å². The highest BCUT2D eigenvalue weighted by atomic mass is 35.5. The molecule has 0 bridgehead atoms. The van der Waals surface area contributed by atoms with Gasteiger partial charge in [0.15, 0.2) is 5.76 Å². The number of aryl methyl sites for hydroxylation is 2. The van der Waals surface area contributed by atoms with Crippen molar-refractivity contribution in [2.75, 3.05) is 6.61 Å². The van der Waals surface area contributed by atoms with Crippen LogP contribution in [0.3, 0.4) is 0 Å². The van der Waals surface area contributed by atoms with Crippen LogP contribution >= 0.6 is 11.6 Å². The van der Waals surface area contributed by atoms with Crippen molar-refractivity contribution in [3.8, 4) is 0 Å². The average Bonchev–Trinajstić information content (AvgIpc) is 3.05. The van der Waals surface area contributed by atoms with E-state index in [1.54, 1.807) is 18.5 Å². The van der Waals surface area contributed by atoms with E-state index in [4.69, 9.17) is 31.2 Å². The average molecular weight is 474 g/mol. The van der Waals surface area contributed by atoms with E-state index in [0.717, 1.165) is 11.1 Å². The third kappa shape index (κ3) is 6.48. The molecule has 2 aromatic rings. The van der Waals surface area contributed by atoms with Gasteiger partial charge < -0.3 is 19.6 Å². The molecule has 1 unspecified atom stereocenters. The number of ether oxygens (including phenoxy) is 3. The molecule has 0 aliphatic rings. The Morgan fingerprint density at radius 1 is 1.27 bits per heavy atom. The van der Waals surface area contributed by atoms with Gasteiger partial charge in [0, 0.05) is 25.3 Å². The minimum Gasteiger partial charge on any atom is -0.452 e. The van der Waals surface area contributed by atoms with Crippen LogP contribution in [0.4, 0.5) is 4.79 Å². The second-order valence-electron chi connectivity index (χ2n) is 8.43. The molecule has 0 saturated carbocycles. The fourth-order valence-electron chi connectivity index (χ4n) is 3.17. The lowest BCUT2D eigenvalue weighted by molar-refractivity contribution is -0.0648. The Morgan fingerprint density at radius 3 is 2.42 bits per heavy atom. The smallest absolute Gasteiger partial charge is 0.452 e. The molecule has 33 heavy (non-hydrogen) atoms. The maximum absolute atomic E-state index is 11.9. The molecule has 0 amide bonds. The molecule has 1 aromatic heterocycles. The van der Waals surface area contributed by atoms with Crippen LogP contribution in [0.25, 0.3) is 11.3 Å². The van der Waals surface area contributed by atoms with Gasteiger partial charge in [0.2, 0.25) is 6.29 Å². The van der Waals surface area contributed by atoms with Crippen LogP contribution in [-0.4, -0.2) is 35.0 Å². The van der Waals surface area contributed by atoms with Gasteiger partial charge in [-0.3, -0.25) is 4.68 Å². The lowest BCUT2D eigenvalue weighted by Crippen LogP contribution is -2.20. The lowest BCUT2D eigenvalue weighted by Gasteiger charge is -2.22. The van der Waals surface area contributed by atoms with Crippen molar-refractivity contribution in [1.29, 1.82) is 5.41 Å². The van der Waals surface area contributed by atoms with Crippen LogP contribution in [0.5, 0.6) is 0 Å². The van der Waals surface area contributed by atoms with Crippen molar-refractivity contribution < 1.29 is 19.0 Å². The molecular formula is C25H32ClN3O4. The number of allylic oxidation sites excluding steroid dienone is 1. The topological polar surface area (TPSA) is 86.4 Å². The number of nitrogens with one attached hydrogen (secondary N) is 1. The first-order valence-electron chi connectivity index (χ1n) is 10.7. The molecule has 8 heteroatoms. The third-order valence-corrected chi connectivity index (χ3v) is 5.34. The molecule has 178 valence electrons. The Bertz CT molecular complexity index is 1030. The molecule has 1 heterocycles. The maximum atomic E-state index is 11.9. The van der Waals surface area contributed by atoms with E-state index in [0.29, 0.717) is 28.5 Å². The van der Waals surface area contributed by atoms with Gasteiger partial charge in [-0.2, -0.15) is 5.10 Å². The van der Waals surface area contributed by atoms with Crippen LogP contribution in [-0.2, 0) is 26.2 Å². The standard InChI is InChI=1S/C25H32ClN3O4/c1-8-14-31-24(30)33-17(4)32-23(22-21(26)16(3)28-29(22)9-2)20(15-27)18-10-12-19(13-11-18)25(5,6)7/h8,10-13,15,17,27H,1,9,14H2,2-7H3/b23-20-,27-15?. The van der Waals surface area contributed by atoms with Crippen molar-refractivity contribution in [3.05, 3.63) is 64.5 Å². The van der Waals surface area contributed by atoms with Crippen LogP contribution in [0, 0.1) is 12.3 Å². The normalized spacial score (nSPS) is 13.1. The highest BCUT2D eigenvalue weighted by Gasteiger charge is 2.25. The fraction of sp³-hybridized carbons (Fsp3) is 0.400. The second-order valence-corrected chi connectivity index (χ2v) is 8.81. The fourth-order valence-corrected chi connectivity index (χ4v) is 3.39. The van der Waals surface area contributed by atoms with Crippen molar-refractivity contribution in [2.45, 2.75) is 59.8 Å². The first-order valence-corrected chi connectivity index (χ1v) is 11.1. The number of nitrogens with zero attached hydrogens (tertiary/aromatic N) is 2. The molecule has 1 N–H and O–H groups in total. The number of carbonyl (C=O) groups is 1. The molecule has 0 radical (unpaired) electrons. The second kappa shape index (κ2) is 11.2. The highest BCUT2D eigenvalue weighted by Crippen LogP contribution is 2.34. The maximum Gasteiger partial charge on any atom is 0.511 e. The largest absolute Gasteiger partial charge is 0.511 e. The van der Waals surface area contributed by atoms with E-state index in [-0.39, 0.29) is 17.8 Å². The minimum absolute atomic E-state index is 0.0121. The highest BCUT2D eigenvalue weighted by molar-refractivity contribution is 6.33. The van der Waals surface area contributed by atoms with E-state index in [1.165, 1.54) is 12.3 Å². The number of carbonyl (C=O) groups excluding carboxylic acids is 1. The van der Waals surface area contributed by atoms with E-state index in [1.807, 2.05) is 31.2 Å². The zero-order valence-corrected chi connectivity index (χ0v) is 20.8. The Kier molecular flexibility index (Phi) is 8.88. The van der Waals surface area contributed by atoms with Gasteiger partial charge in [0.25, 0.3) is 0 Å². The summed E-state index contributed by atoms with van der Waals surface area (Å²) in [4.78, 5) is 11.9. The monoisotopic (exact) mass is 473 g/mol. The Balaban J connectivity index is 2.59. The Labute approximate surface area is 200 Å². The first kappa shape index (κ1) is 26.2. The molecule has 0 saturated heterocycles. The van der Waals surface area contributed by atoms with Crippen molar-refractivity contribution in [3.63, 3.8) is 0 Å². The summed E-state index contributed by atoms with van der Waals surface area (Å²) < 4.78 is 17.8.